The summed E-state index contributed by atoms with van der Waals surface area (Å²) < 4.78 is 7.04. The lowest BCUT2D eigenvalue weighted by atomic mass is 10.2. The monoisotopic (exact) mass is 302 g/mol. The molecule has 0 atom stereocenters. The van der Waals surface area contributed by atoms with Crippen molar-refractivity contribution in [3.05, 3.63) is 47.9 Å². The minimum Gasteiger partial charge on any atom is -0.383 e. The van der Waals surface area contributed by atoms with E-state index in [-0.39, 0.29) is 0 Å². The van der Waals surface area contributed by atoms with Crippen LogP contribution in [0.3, 0.4) is 0 Å². The molecule has 0 aliphatic carbocycles. The lowest BCUT2D eigenvalue weighted by Crippen LogP contribution is -2.10. The third kappa shape index (κ3) is 2.84. The molecule has 2 heterocycles. The van der Waals surface area contributed by atoms with E-state index in [1.54, 1.807) is 13.3 Å². The lowest BCUT2D eigenvalue weighted by molar-refractivity contribution is 0.210. The van der Waals surface area contributed by atoms with Gasteiger partial charge >= 0.3 is 0 Å². The molecule has 0 bridgehead atoms. The van der Waals surface area contributed by atoms with Crippen LogP contribution in [0.5, 0.6) is 0 Å². The summed E-state index contributed by atoms with van der Waals surface area (Å²) in [7, 11) is 1.67. The average Bonchev–Trinajstić information content (AvgIpc) is 2.93. The minimum atomic E-state index is 0.619. The molecule has 0 saturated heterocycles. The van der Waals surface area contributed by atoms with Crippen LogP contribution in [0.15, 0.2) is 42.9 Å². The quantitative estimate of drug-likeness (QED) is 0.736. The summed E-state index contributed by atoms with van der Waals surface area (Å²) in [4.78, 5) is 8.79. The number of hydrogen-bond donors (Lipinski definition) is 1. The molecular weight excluding hydrogens is 288 g/mol. The number of fused-ring (bicyclic) bond motifs is 1. The number of nitrogens with zero attached hydrogens (tertiary/aromatic N) is 3. The van der Waals surface area contributed by atoms with E-state index >= 15 is 0 Å². The van der Waals surface area contributed by atoms with Gasteiger partial charge in [0.15, 0.2) is 11.5 Å². The molecule has 0 radical (unpaired) electrons. The number of rotatable bonds is 5. The predicted molar refractivity (Wildman–Crippen MR) is 83.8 cm³/mol. The van der Waals surface area contributed by atoms with E-state index in [2.05, 4.69) is 15.3 Å². The van der Waals surface area contributed by atoms with Gasteiger partial charge in [0.25, 0.3) is 0 Å². The number of imidazole rings is 1. The molecule has 108 valence electrons. The summed E-state index contributed by atoms with van der Waals surface area (Å²) >= 11 is 5.93. The molecule has 0 saturated carbocycles. The van der Waals surface area contributed by atoms with Gasteiger partial charge in [0.05, 0.1) is 18.5 Å². The van der Waals surface area contributed by atoms with Gasteiger partial charge in [0, 0.05) is 36.6 Å². The number of methoxy groups -OCH3 is 1. The number of anilines is 1. The molecule has 1 aromatic carbocycles. The SMILES string of the molecule is COCCNc1nccn2c(-c3ccc(Cl)cc3)cnc12. The van der Waals surface area contributed by atoms with Crippen molar-refractivity contribution in [3.8, 4) is 11.3 Å². The normalized spacial score (nSPS) is 11.0. The van der Waals surface area contributed by atoms with Crippen LogP contribution in [-0.4, -0.2) is 34.6 Å². The van der Waals surface area contributed by atoms with Crippen LogP contribution in [0.25, 0.3) is 16.9 Å². The van der Waals surface area contributed by atoms with Crippen LogP contribution in [0.4, 0.5) is 5.82 Å². The molecule has 0 aliphatic rings. The van der Waals surface area contributed by atoms with Crippen LogP contribution < -0.4 is 5.32 Å². The highest BCUT2D eigenvalue weighted by Crippen LogP contribution is 2.24. The summed E-state index contributed by atoms with van der Waals surface area (Å²) in [5.41, 5.74) is 2.85. The van der Waals surface area contributed by atoms with Gasteiger partial charge in [-0.05, 0) is 12.1 Å². The van der Waals surface area contributed by atoms with Crippen molar-refractivity contribution in [3.63, 3.8) is 0 Å². The van der Waals surface area contributed by atoms with Crippen LogP contribution >= 0.6 is 11.6 Å². The summed E-state index contributed by atoms with van der Waals surface area (Å²) in [6.45, 7) is 1.31. The lowest BCUT2D eigenvalue weighted by Gasteiger charge is -2.07. The molecular formula is C15H15ClN4O. The highest BCUT2D eigenvalue weighted by atomic mass is 35.5. The average molecular weight is 303 g/mol. The topological polar surface area (TPSA) is 51.5 Å². The second kappa shape index (κ2) is 6.11. The maximum absolute atomic E-state index is 5.93. The molecule has 3 rings (SSSR count). The van der Waals surface area contributed by atoms with Gasteiger partial charge in [0.1, 0.15) is 0 Å². The maximum Gasteiger partial charge on any atom is 0.180 e. The fourth-order valence-corrected chi connectivity index (χ4v) is 2.28. The zero-order valence-corrected chi connectivity index (χ0v) is 12.3. The van der Waals surface area contributed by atoms with Crippen molar-refractivity contribution < 1.29 is 4.74 Å². The molecule has 0 aliphatic heterocycles. The molecule has 2 aromatic heterocycles. The summed E-state index contributed by atoms with van der Waals surface area (Å²) in [5.74, 6) is 0.745. The molecule has 1 N–H and O–H groups in total. The summed E-state index contributed by atoms with van der Waals surface area (Å²) in [6.07, 6.45) is 5.48. The number of nitrogens with one attached hydrogen (secondary N) is 1. The second-order valence-corrected chi connectivity index (χ2v) is 4.98. The summed E-state index contributed by atoms with van der Waals surface area (Å²) in [6, 6.07) is 7.69. The Hall–Kier alpha value is -2.11. The fourth-order valence-electron chi connectivity index (χ4n) is 2.15. The Balaban J connectivity index is 1.98. The van der Waals surface area contributed by atoms with Gasteiger partial charge in [-0.2, -0.15) is 0 Å². The van der Waals surface area contributed by atoms with Crippen LogP contribution in [0, 0.1) is 0 Å². The smallest absolute Gasteiger partial charge is 0.180 e. The minimum absolute atomic E-state index is 0.619. The van der Waals surface area contributed by atoms with Crippen molar-refractivity contribution in [2.75, 3.05) is 25.6 Å². The Morgan fingerprint density at radius 1 is 1.24 bits per heavy atom. The first kappa shape index (κ1) is 13.9. The van der Waals surface area contributed by atoms with E-state index in [0.717, 1.165) is 27.7 Å². The van der Waals surface area contributed by atoms with Gasteiger partial charge in [-0.15, -0.1) is 0 Å². The first-order valence-corrected chi connectivity index (χ1v) is 6.98. The molecule has 3 aromatic rings. The van der Waals surface area contributed by atoms with Crippen LogP contribution in [0.1, 0.15) is 0 Å². The zero-order chi connectivity index (χ0) is 14.7. The van der Waals surface area contributed by atoms with Gasteiger partial charge < -0.3 is 10.1 Å². The zero-order valence-electron chi connectivity index (χ0n) is 11.6. The largest absolute Gasteiger partial charge is 0.383 e. The number of ether oxygens (including phenoxy) is 1. The first-order chi connectivity index (χ1) is 10.3. The molecule has 21 heavy (non-hydrogen) atoms. The van der Waals surface area contributed by atoms with E-state index in [0.29, 0.717) is 13.2 Å². The number of halogens is 1. The highest BCUT2D eigenvalue weighted by molar-refractivity contribution is 6.30. The van der Waals surface area contributed by atoms with E-state index in [1.165, 1.54) is 0 Å². The Kier molecular flexibility index (Phi) is 4.03. The van der Waals surface area contributed by atoms with Crippen molar-refractivity contribution in [2.24, 2.45) is 0 Å². The predicted octanol–water partition coefficient (Wildman–Crippen LogP) is 3.11. The summed E-state index contributed by atoms with van der Waals surface area (Å²) in [5, 5.41) is 3.94. The second-order valence-electron chi connectivity index (χ2n) is 4.54. The molecule has 0 fully saturated rings. The van der Waals surface area contributed by atoms with Crippen molar-refractivity contribution >= 4 is 23.1 Å². The Bertz CT molecular complexity index is 739. The highest BCUT2D eigenvalue weighted by Gasteiger charge is 2.09. The fraction of sp³-hybridized carbons (Fsp3) is 0.200. The van der Waals surface area contributed by atoms with E-state index in [4.69, 9.17) is 16.3 Å². The Morgan fingerprint density at radius 3 is 2.81 bits per heavy atom. The van der Waals surface area contributed by atoms with Crippen LogP contribution in [0.2, 0.25) is 5.02 Å². The standard InChI is InChI=1S/C15H15ClN4O/c1-21-9-7-18-14-15-19-10-13(20(15)8-6-17-14)11-2-4-12(16)5-3-11/h2-6,8,10H,7,9H2,1H3,(H,17,18). The van der Waals surface area contributed by atoms with Crippen molar-refractivity contribution in [1.82, 2.24) is 14.4 Å². The van der Waals surface area contributed by atoms with Gasteiger partial charge in [-0.1, -0.05) is 23.7 Å². The van der Waals surface area contributed by atoms with E-state index in [9.17, 15) is 0 Å². The molecule has 6 heteroatoms. The Morgan fingerprint density at radius 2 is 2.05 bits per heavy atom. The number of aromatic nitrogens is 3. The third-order valence-corrected chi connectivity index (χ3v) is 3.42. The van der Waals surface area contributed by atoms with Crippen molar-refractivity contribution in [2.45, 2.75) is 0 Å². The van der Waals surface area contributed by atoms with Gasteiger partial charge in [-0.25, -0.2) is 9.97 Å². The van der Waals surface area contributed by atoms with Gasteiger partial charge in [-0.3, -0.25) is 4.40 Å². The number of benzene rings is 1. The van der Waals surface area contributed by atoms with Gasteiger partial charge in [0.2, 0.25) is 0 Å². The molecule has 0 spiro atoms. The van der Waals surface area contributed by atoms with Crippen LogP contribution in [-0.2, 0) is 4.74 Å². The number of hydrogen-bond acceptors (Lipinski definition) is 4. The van der Waals surface area contributed by atoms with E-state index < -0.39 is 0 Å². The van der Waals surface area contributed by atoms with Crippen molar-refractivity contribution in [1.29, 1.82) is 0 Å². The molecule has 5 nitrogen and oxygen atoms in total. The first-order valence-electron chi connectivity index (χ1n) is 6.60. The maximum atomic E-state index is 5.93. The molecule has 0 amide bonds. The molecule has 0 unspecified atom stereocenters. The third-order valence-electron chi connectivity index (χ3n) is 3.17. The Labute approximate surface area is 127 Å². The van der Waals surface area contributed by atoms with E-state index in [1.807, 2.05) is 41.1 Å².